The largest absolute Gasteiger partial charge is 0.394 e. The van der Waals surface area contributed by atoms with Gasteiger partial charge in [0.15, 0.2) is 9.84 Å². The molecule has 6 nitrogen and oxygen atoms in total. The molecule has 0 spiro atoms. The molecule has 0 saturated heterocycles. The molecule has 2 aromatic rings. The first-order valence-electron chi connectivity index (χ1n) is 7.13. The fourth-order valence-electron chi connectivity index (χ4n) is 2.08. The second-order valence-corrected chi connectivity index (χ2v) is 7.57. The highest BCUT2D eigenvalue weighted by Crippen LogP contribution is 2.25. The van der Waals surface area contributed by atoms with Crippen LogP contribution in [0.3, 0.4) is 0 Å². The summed E-state index contributed by atoms with van der Waals surface area (Å²) in [6.45, 7) is 1.78. The molecule has 0 aliphatic carbocycles. The molecule has 0 aliphatic rings. The van der Waals surface area contributed by atoms with E-state index in [1.54, 1.807) is 6.92 Å². The number of aliphatic hydroxyl groups excluding tert-OH is 1. The van der Waals surface area contributed by atoms with Gasteiger partial charge in [0.05, 0.1) is 42.7 Å². The van der Waals surface area contributed by atoms with Crippen molar-refractivity contribution in [3.63, 3.8) is 0 Å². The molecule has 0 radical (unpaired) electrons. The second-order valence-electron chi connectivity index (χ2n) is 5.03. The molecule has 1 aromatic heterocycles. The van der Waals surface area contributed by atoms with Gasteiger partial charge >= 0.3 is 0 Å². The predicted octanol–water partition coefficient (Wildman–Crippen LogP) is 1.76. The van der Waals surface area contributed by atoms with Crippen LogP contribution >= 0.6 is 11.6 Å². The zero-order valence-electron chi connectivity index (χ0n) is 12.8. The van der Waals surface area contributed by atoms with Gasteiger partial charge in [-0.25, -0.2) is 13.1 Å². The van der Waals surface area contributed by atoms with Crippen molar-refractivity contribution in [2.24, 2.45) is 0 Å². The lowest BCUT2D eigenvalue weighted by atomic mass is 10.3. The predicted molar refractivity (Wildman–Crippen MR) is 88.7 cm³/mol. The third kappa shape index (κ3) is 4.78. The Hall–Kier alpha value is -1.41. The maximum atomic E-state index is 12.2. The Morgan fingerprint density at radius 1 is 1.26 bits per heavy atom. The number of halogens is 1. The molecule has 1 heterocycles. The van der Waals surface area contributed by atoms with Crippen molar-refractivity contribution in [1.29, 1.82) is 0 Å². The first kappa shape index (κ1) is 17.9. The first-order valence-corrected chi connectivity index (χ1v) is 9.33. The molecule has 1 N–H and O–H groups in total. The second kappa shape index (κ2) is 7.92. The van der Waals surface area contributed by atoms with Crippen molar-refractivity contribution >= 4 is 21.4 Å². The van der Waals surface area contributed by atoms with E-state index in [-0.39, 0.29) is 31.3 Å². The fourth-order valence-corrected chi connectivity index (χ4v) is 3.80. The number of rotatable bonds is 8. The SMILES string of the molecule is Cc1nn(-c2ccccc2)c(Cl)c1CS(=O)(=O)CCOCCO. The number of benzene rings is 1. The maximum absolute atomic E-state index is 12.2. The van der Waals surface area contributed by atoms with Crippen LogP contribution in [-0.2, 0) is 20.3 Å². The Balaban J connectivity index is 2.16. The molecular weight excluding hydrogens is 340 g/mol. The van der Waals surface area contributed by atoms with Crippen LogP contribution < -0.4 is 0 Å². The van der Waals surface area contributed by atoms with Gasteiger partial charge in [-0.3, -0.25) is 0 Å². The summed E-state index contributed by atoms with van der Waals surface area (Å²) in [7, 11) is -3.37. The number of hydrogen-bond acceptors (Lipinski definition) is 5. The Bertz CT molecular complexity index is 744. The highest BCUT2D eigenvalue weighted by molar-refractivity contribution is 7.90. The Morgan fingerprint density at radius 2 is 1.96 bits per heavy atom. The van der Waals surface area contributed by atoms with Crippen LogP contribution in [-0.4, -0.2) is 48.9 Å². The van der Waals surface area contributed by atoms with Crippen LogP contribution in [0.5, 0.6) is 0 Å². The van der Waals surface area contributed by atoms with E-state index >= 15 is 0 Å². The zero-order valence-corrected chi connectivity index (χ0v) is 14.3. The lowest BCUT2D eigenvalue weighted by Gasteiger charge is -2.06. The topological polar surface area (TPSA) is 81.4 Å². The van der Waals surface area contributed by atoms with E-state index in [4.69, 9.17) is 21.4 Å². The zero-order chi connectivity index (χ0) is 16.9. The summed E-state index contributed by atoms with van der Waals surface area (Å²) >= 11 is 6.33. The quantitative estimate of drug-likeness (QED) is 0.727. The molecule has 0 atom stereocenters. The number of sulfone groups is 1. The van der Waals surface area contributed by atoms with Gasteiger partial charge < -0.3 is 9.84 Å². The molecule has 0 fully saturated rings. The van der Waals surface area contributed by atoms with Crippen LogP contribution in [0.4, 0.5) is 0 Å². The summed E-state index contributed by atoms with van der Waals surface area (Å²) in [5.74, 6) is -0.313. The number of nitrogens with zero attached hydrogens (tertiary/aromatic N) is 2. The van der Waals surface area contributed by atoms with E-state index < -0.39 is 9.84 Å². The summed E-state index contributed by atoms with van der Waals surface area (Å²) in [4.78, 5) is 0. The van der Waals surface area contributed by atoms with Gasteiger partial charge in [-0.2, -0.15) is 5.10 Å². The summed E-state index contributed by atoms with van der Waals surface area (Å²) in [5.41, 5.74) is 1.85. The molecule has 23 heavy (non-hydrogen) atoms. The van der Waals surface area contributed by atoms with Crippen molar-refractivity contribution < 1.29 is 18.3 Å². The van der Waals surface area contributed by atoms with Crippen LogP contribution in [0.2, 0.25) is 5.15 Å². The van der Waals surface area contributed by atoms with Crippen molar-refractivity contribution in [2.45, 2.75) is 12.7 Å². The van der Waals surface area contributed by atoms with E-state index in [0.29, 0.717) is 16.4 Å². The Morgan fingerprint density at radius 3 is 2.61 bits per heavy atom. The Kier molecular flexibility index (Phi) is 6.17. The minimum Gasteiger partial charge on any atom is -0.394 e. The summed E-state index contributed by atoms with van der Waals surface area (Å²) in [6, 6.07) is 9.29. The van der Waals surface area contributed by atoms with Gasteiger partial charge in [0.25, 0.3) is 0 Å². The molecule has 0 bridgehead atoms. The standard InChI is InChI=1S/C15H19ClN2O4S/c1-12-14(11-23(20,21)10-9-22-8-7-19)15(16)18(17-12)13-5-3-2-4-6-13/h2-6,19H,7-11H2,1H3. The number of aryl methyl sites for hydroxylation is 1. The lowest BCUT2D eigenvalue weighted by Crippen LogP contribution is -2.16. The molecular formula is C15H19ClN2O4S. The monoisotopic (exact) mass is 358 g/mol. The molecule has 0 saturated carbocycles. The summed E-state index contributed by atoms with van der Waals surface area (Å²) < 4.78 is 30.9. The van der Waals surface area contributed by atoms with Crippen molar-refractivity contribution in [3.05, 3.63) is 46.7 Å². The highest BCUT2D eigenvalue weighted by atomic mass is 35.5. The lowest BCUT2D eigenvalue weighted by molar-refractivity contribution is 0.103. The van der Waals surface area contributed by atoms with E-state index in [0.717, 1.165) is 5.69 Å². The normalized spacial score (nSPS) is 11.8. The third-order valence-corrected chi connectivity index (χ3v) is 5.17. The van der Waals surface area contributed by atoms with Crippen molar-refractivity contribution in [1.82, 2.24) is 9.78 Å². The van der Waals surface area contributed by atoms with Gasteiger partial charge in [-0.05, 0) is 19.1 Å². The molecule has 1 aromatic carbocycles. The van der Waals surface area contributed by atoms with Gasteiger partial charge in [0.2, 0.25) is 0 Å². The third-order valence-electron chi connectivity index (χ3n) is 3.26. The number of aliphatic hydroxyl groups is 1. The highest BCUT2D eigenvalue weighted by Gasteiger charge is 2.21. The van der Waals surface area contributed by atoms with Gasteiger partial charge in [0, 0.05) is 5.56 Å². The Labute approximate surface area is 140 Å². The van der Waals surface area contributed by atoms with Gasteiger partial charge in [-0.1, -0.05) is 29.8 Å². The van der Waals surface area contributed by atoms with E-state index in [1.165, 1.54) is 4.68 Å². The van der Waals surface area contributed by atoms with Crippen LogP contribution in [0, 0.1) is 6.92 Å². The van der Waals surface area contributed by atoms with E-state index in [9.17, 15) is 8.42 Å². The van der Waals surface area contributed by atoms with Gasteiger partial charge in [0.1, 0.15) is 5.15 Å². The number of ether oxygens (including phenoxy) is 1. The molecule has 0 unspecified atom stereocenters. The first-order chi connectivity index (χ1) is 10.9. The number of hydrogen-bond donors (Lipinski definition) is 1. The molecule has 0 aliphatic heterocycles. The maximum Gasteiger partial charge on any atom is 0.156 e. The number of aromatic nitrogens is 2. The summed E-state index contributed by atoms with van der Waals surface area (Å²) in [5, 5.41) is 13.2. The average Bonchev–Trinajstić information content (AvgIpc) is 2.80. The molecule has 126 valence electrons. The van der Waals surface area contributed by atoms with E-state index in [2.05, 4.69) is 5.10 Å². The van der Waals surface area contributed by atoms with Crippen LogP contribution in [0.15, 0.2) is 30.3 Å². The molecule has 2 rings (SSSR count). The van der Waals surface area contributed by atoms with Crippen molar-refractivity contribution in [3.8, 4) is 5.69 Å². The van der Waals surface area contributed by atoms with Crippen molar-refractivity contribution in [2.75, 3.05) is 25.6 Å². The molecule has 0 amide bonds. The fraction of sp³-hybridized carbons (Fsp3) is 0.400. The van der Waals surface area contributed by atoms with Crippen LogP contribution in [0.25, 0.3) is 5.69 Å². The molecule has 8 heteroatoms. The minimum absolute atomic E-state index is 0.0480. The van der Waals surface area contributed by atoms with E-state index in [1.807, 2.05) is 30.3 Å². The summed E-state index contributed by atoms with van der Waals surface area (Å²) in [6.07, 6.45) is 0. The number of para-hydroxylation sites is 1. The van der Waals surface area contributed by atoms with Gasteiger partial charge in [-0.15, -0.1) is 0 Å². The average molecular weight is 359 g/mol. The minimum atomic E-state index is -3.37. The van der Waals surface area contributed by atoms with Crippen LogP contribution in [0.1, 0.15) is 11.3 Å². The smallest absolute Gasteiger partial charge is 0.156 e.